The fraction of sp³-hybridized carbons (Fsp3) is 0.312. The zero-order valence-electron chi connectivity index (χ0n) is 12.2. The van der Waals surface area contributed by atoms with E-state index < -0.39 is 17.9 Å². The van der Waals surface area contributed by atoms with E-state index in [1.165, 1.54) is 27.4 Å². The Morgan fingerprint density at radius 3 is 2.38 bits per heavy atom. The van der Waals surface area contributed by atoms with E-state index in [9.17, 15) is 4.79 Å². The van der Waals surface area contributed by atoms with E-state index >= 15 is 0 Å². The van der Waals surface area contributed by atoms with Gasteiger partial charge in [0.05, 0.1) is 13.2 Å². The molecule has 1 aliphatic rings. The van der Waals surface area contributed by atoms with Crippen molar-refractivity contribution in [3.63, 3.8) is 0 Å². The Bertz CT molecular complexity index is 543. The zero-order valence-corrected chi connectivity index (χ0v) is 12.2. The molecule has 1 unspecified atom stereocenters. The highest BCUT2D eigenvalue weighted by Crippen LogP contribution is 2.31. The molecule has 5 nitrogen and oxygen atoms in total. The molecule has 1 aromatic carbocycles. The molecule has 0 saturated heterocycles. The van der Waals surface area contributed by atoms with E-state index in [1.807, 2.05) is 36.4 Å². The largest absolute Gasteiger partial charge is 0.497 e. The molecular formula is C16H18O5. The Balaban J connectivity index is 2.31. The molecule has 0 aromatic heterocycles. The van der Waals surface area contributed by atoms with Gasteiger partial charge in [0.2, 0.25) is 11.9 Å². The van der Waals surface area contributed by atoms with Gasteiger partial charge in [-0.2, -0.15) is 0 Å². The molecule has 1 atom stereocenters. The lowest BCUT2D eigenvalue weighted by atomic mass is 10.1. The predicted octanol–water partition coefficient (Wildman–Crippen LogP) is 2.14. The van der Waals surface area contributed by atoms with Crippen molar-refractivity contribution in [2.24, 2.45) is 0 Å². The second-order valence-electron chi connectivity index (χ2n) is 4.44. The van der Waals surface area contributed by atoms with E-state index in [2.05, 4.69) is 0 Å². The van der Waals surface area contributed by atoms with Gasteiger partial charge in [0.15, 0.2) is 0 Å². The number of carbonyl (C=O) groups is 1. The minimum absolute atomic E-state index is 0.362. The highest BCUT2D eigenvalue weighted by Gasteiger charge is 2.46. The van der Waals surface area contributed by atoms with Crippen LogP contribution in [0.25, 0.3) is 6.08 Å². The van der Waals surface area contributed by atoms with Gasteiger partial charge < -0.3 is 18.9 Å². The number of rotatable bonds is 6. The third-order valence-electron chi connectivity index (χ3n) is 3.30. The maximum absolute atomic E-state index is 11.5. The smallest absolute Gasteiger partial charge is 0.335 e. The average Bonchev–Trinajstić information content (AvgIpc) is 2.91. The van der Waals surface area contributed by atoms with Crippen LogP contribution in [0, 0.1) is 0 Å². The van der Waals surface area contributed by atoms with Crippen LogP contribution in [0.2, 0.25) is 0 Å². The number of cyclic esters (lactones) is 1. The number of ether oxygens (including phenoxy) is 4. The van der Waals surface area contributed by atoms with Gasteiger partial charge in [-0.25, -0.2) is 4.79 Å². The van der Waals surface area contributed by atoms with Gasteiger partial charge in [-0.05, 0) is 11.6 Å². The summed E-state index contributed by atoms with van der Waals surface area (Å²) in [6.07, 6.45) is 4.04. The maximum atomic E-state index is 11.5. The quantitative estimate of drug-likeness (QED) is 0.593. The molecular weight excluding hydrogens is 272 g/mol. The van der Waals surface area contributed by atoms with Gasteiger partial charge in [-0.15, -0.1) is 0 Å². The fourth-order valence-electron chi connectivity index (χ4n) is 2.14. The molecule has 1 heterocycles. The molecule has 0 spiro atoms. The van der Waals surface area contributed by atoms with Crippen LogP contribution in [-0.4, -0.2) is 39.2 Å². The lowest BCUT2D eigenvalue weighted by Crippen LogP contribution is -2.46. The van der Waals surface area contributed by atoms with Crippen molar-refractivity contribution >= 4 is 12.0 Å². The van der Waals surface area contributed by atoms with Crippen LogP contribution in [0.5, 0.6) is 0 Å². The Morgan fingerprint density at radius 1 is 1.14 bits per heavy atom. The molecule has 112 valence electrons. The van der Waals surface area contributed by atoms with Gasteiger partial charge in [0.1, 0.15) is 5.76 Å². The first-order valence-electron chi connectivity index (χ1n) is 6.46. The zero-order chi connectivity index (χ0) is 15.3. The Hall–Kier alpha value is -2.11. The molecule has 0 bridgehead atoms. The van der Waals surface area contributed by atoms with Gasteiger partial charge in [0.25, 0.3) is 0 Å². The second kappa shape index (κ2) is 6.56. The molecule has 0 N–H and O–H groups in total. The summed E-state index contributed by atoms with van der Waals surface area (Å²) in [6.45, 7) is 0. The van der Waals surface area contributed by atoms with Gasteiger partial charge in [-0.1, -0.05) is 36.4 Å². The summed E-state index contributed by atoms with van der Waals surface area (Å²) >= 11 is 0. The van der Waals surface area contributed by atoms with Crippen LogP contribution in [0.15, 0.2) is 48.2 Å². The van der Waals surface area contributed by atoms with Crippen LogP contribution in [0.3, 0.4) is 0 Å². The highest BCUT2D eigenvalue weighted by atomic mass is 16.7. The van der Waals surface area contributed by atoms with Gasteiger partial charge in [0, 0.05) is 14.2 Å². The van der Waals surface area contributed by atoms with Crippen molar-refractivity contribution in [2.75, 3.05) is 21.3 Å². The Labute approximate surface area is 123 Å². The van der Waals surface area contributed by atoms with Gasteiger partial charge in [-0.3, -0.25) is 0 Å². The van der Waals surface area contributed by atoms with E-state index in [-0.39, 0.29) is 0 Å². The van der Waals surface area contributed by atoms with Crippen molar-refractivity contribution in [1.29, 1.82) is 0 Å². The molecule has 0 amide bonds. The third-order valence-corrected chi connectivity index (χ3v) is 3.30. The topological polar surface area (TPSA) is 54.0 Å². The van der Waals surface area contributed by atoms with Crippen LogP contribution >= 0.6 is 0 Å². The SMILES string of the molecule is COC1=CC(=O)OC1C(/C=C/c1ccccc1)(OC)OC. The lowest BCUT2D eigenvalue weighted by Gasteiger charge is -2.33. The second-order valence-corrected chi connectivity index (χ2v) is 4.44. The van der Waals surface area contributed by atoms with Crippen molar-refractivity contribution in [3.8, 4) is 0 Å². The maximum Gasteiger partial charge on any atom is 0.335 e. The fourth-order valence-corrected chi connectivity index (χ4v) is 2.14. The number of hydrogen-bond acceptors (Lipinski definition) is 5. The Morgan fingerprint density at radius 2 is 1.81 bits per heavy atom. The van der Waals surface area contributed by atoms with Crippen molar-refractivity contribution in [3.05, 3.63) is 53.8 Å². The average molecular weight is 290 g/mol. The first kappa shape index (κ1) is 15.3. The summed E-state index contributed by atoms with van der Waals surface area (Å²) in [5, 5.41) is 0. The van der Waals surface area contributed by atoms with Crippen LogP contribution in [-0.2, 0) is 23.7 Å². The molecule has 0 saturated carbocycles. The van der Waals surface area contributed by atoms with E-state index in [0.717, 1.165) is 5.56 Å². The van der Waals surface area contributed by atoms with E-state index in [1.54, 1.807) is 6.08 Å². The number of carbonyl (C=O) groups excluding carboxylic acids is 1. The normalized spacial score (nSPS) is 18.7. The van der Waals surface area contributed by atoms with Crippen LogP contribution < -0.4 is 0 Å². The van der Waals surface area contributed by atoms with Crippen molar-refractivity contribution in [2.45, 2.75) is 11.9 Å². The summed E-state index contributed by atoms with van der Waals surface area (Å²) in [7, 11) is 4.44. The van der Waals surface area contributed by atoms with Crippen molar-refractivity contribution in [1.82, 2.24) is 0 Å². The first-order valence-corrected chi connectivity index (χ1v) is 6.46. The summed E-state index contributed by atoms with van der Waals surface area (Å²) in [5.74, 6) is -1.37. The number of benzene rings is 1. The molecule has 0 aliphatic carbocycles. The highest BCUT2D eigenvalue weighted by molar-refractivity contribution is 5.85. The number of hydrogen-bond donors (Lipinski definition) is 0. The summed E-state index contributed by atoms with van der Waals surface area (Å²) < 4.78 is 21.4. The standard InChI is InChI=1S/C16H18O5/c1-18-13-11-14(17)21-15(13)16(19-2,20-3)10-9-12-7-5-4-6-8-12/h4-11,15H,1-3H3/b10-9+. The molecule has 21 heavy (non-hydrogen) atoms. The molecule has 5 heteroatoms. The Kier molecular flexibility index (Phi) is 4.77. The summed E-state index contributed by atoms with van der Waals surface area (Å²) in [4.78, 5) is 11.5. The van der Waals surface area contributed by atoms with Crippen LogP contribution in [0.4, 0.5) is 0 Å². The molecule has 0 radical (unpaired) electrons. The van der Waals surface area contributed by atoms with Crippen LogP contribution in [0.1, 0.15) is 5.56 Å². The van der Waals surface area contributed by atoms with E-state index in [4.69, 9.17) is 18.9 Å². The first-order chi connectivity index (χ1) is 10.1. The third kappa shape index (κ3) is 3.15. The number of esters is 1. The molecule has 2 rings (SSSR count). The van der Waals surface area contributed by atoms with E-state index in [0.29, 0.717) is 5.76 Å². The molecule has 0 fully saturated rings. The summed E-state index contributed by atoms with van der Waals surface area (Å²) in [6, 6.07) is 9.68. The molecule has 1 aromatic rings. The predicted molar refractivity (Wildman–Crippen MR) is 77.2 cm³/mol. The van der Waals surface area contributed by atoms with Crippen molar-refractivity contribution < 1.29 is 23.7 Å². The number of methoxy groups -OCH3 is 3. The minimum Gasteiger partial charge on any atom is -0.497 e. The molecule has 1 aliphatic heterocycles. The lowest BCUT2D eigenvalue weighted by molar-refractivity contribution is -0.227. The monoisotopic (exact) mass is 290 g/mol. The minimum atomic E-state index is -1.25. The van der Waals surface area contributed by atoms with Gasteiger partial charge >= 0.3 is 5.97 Å². The summed E-state index contributed by atoms with van der Waals surface area (Å²) in [5.41, 5.74) is 0.975.